The first-order chi connectivity index (χ1) is 8.75. The van der Waals surface area contributed by atoms with E-state index >= 15 is 0 Å². The summed E-state index contributed by atoms with van der Waals surface area (Å²) < 4.78 is 1.55. The first-order valence-electron chi connectivity index (χ1n) is 6.32. The second-order valence-electron chi connectivity index (χ2n) is 4.47. The van der Waals surface area contributed by atoms with Gasteiger partial charge in [-0.05, 0) is 25.9 Å². The summed E-state index contributed by atoms with van der Waals surface area (Å²) in [6.45, 7) is 5.88. The summed E-state index contributed by atoms with van der Waals surface area (Å²) in [6.07, 6.45) is 4.08. The Morgan fingerprint density at radius 3 is 2.72 bits per heavy atom. The van der Waals surface area contributed by atoms with Crippen LogP contribution >= 0.6 is 0 Å². The van der Waals surface area contributed by atoms with Crippen molar-refractivity contribution in [3.05, 3.63) is 11.9 Å². The standard InChI is InChI=1S/C11H19N5O2/c17-11(18)10-9-16(14-13-10)8-4-12-3-7-15-5-1-2-6-15/h9,12H,1-8H2,(H,17,18). The van der Waals surface area contributed by atoms with Gasteiger partial charge >= 0.3 is 5.97 Å². The number of nitrogens with zero attached hydrogens (tertiary/aromatic N) is 4. The van der Waals surface area contributed by atoms with Crippen molar-refractivity contribution in [2.45, 2.75) is 19.4 Å². The maximum Gasteiger partial charge on any atom is 0.358 e. The van der Waals surface area contributed by atoms with Crippen molar-refractivity contribution in [2.75, 3.05) is 32.7 Å². The van der Waals surface area contributed by atoms with E-state index in [9.17, 15) is 4.79 Å². The molecule has 0 unspecified atom stereocenters. The number of carboxylic acid groups (broad SMARTS) is 1. The van der Waals surface area contributed by atoms with Gasteiger partial charge in [-0.15, -0.1) is 5.10 Å². The smallest absolute Gasteiger partial charge is 0.358 e. The van der Waals surface area contributed by atoms with Crippen LogP contribution in [0.4, 0.5) is 0 Å². The number of aromatic carboxylic acids is 1. The minimum Gasteiger partial charge on any atom is -0.476 e. The van der Waals surface area contributed by atoms with Crippen molar-refractivity contribution in [3.63, 3.8) is 0 Å². The summed E-state index contributed by atoms with van der Waals surface area (Å²) in [7, 11) is 0. The van der Waals surface area contributed by atoms with Gasteiger partial charge in [-0.3, -0.25) is 4.68 Å². The van der Waals surface area contributed by atoms with Crippen molar-refractivity contribution in [2.24, 2.45) is 0 Å². The van der Waals surface area contributed by atoms with E-state index in [0.717, 1.165) is 19.6 Å². The number of carbonyl (C=O) groups is 1. The lowest BCUT2D eigenvalue weighted by Crippen LogP contribution is -2.31. The van der Waals surface area contributed by atoms with Crippen molar-refractivity contribution < 1.29 is 9.90 Å². The fourth-order valence-corrected chi connectivity index (χ4v) is 2.07. The molecule has 0 spiro atoms. The van der Waals surface area contributed by atoms with Crippen molar-refractivity contribution in [3.8, 4) is 0 Å². The third kappa shape index (κ3) is 3.78. The van der Waals surface area contributed by atoms with Gasteiger partial charge < -0.3 is 15.3 Å². The van der Waals surface area contributed by atoms with E-state index in [0.29, 0.717) is 6.54 Å². The predicted molar refractivity (Wildman–Crippen MR) is 65.5 cm³/mol. The number of hydrogen-bond acceptors (Lipinski definition) is 5. The number of rotatable bonds is 7. The Balaban J connectivity index is 1.58. The summed E-state index contributed by atoms with van der Waals surface area (Å²) in [5.74, 6) is -1.04. The van der Waals surface area contributed by atoms with E-state index in [-0.39, 0.29) is 5.69 Å². The number of likely N-dealkylation sites (tertiary alicyclic amines) is 1. The largest absolute Gasteiger partial charge is 0.476 e. The zero-order valence-electron chi connectivity index (χ0n) is 10.4. The van der Waals surface area contributed by atoms with Gasteiger partial charge in [0.15, 0.2) is 5.69 Å². The van der Waals surface area contributed by atoms with Crippen LogP contribution in [0.5, 0.6) is 0 Å². The molecule has 0 atom stereocenters. The Bertz CT molecular complexity index is 387. The molecule has 0 radical (unpaired) electrons. The molecule has 2 N–H and O–H groups in total. The van der Waals surface area contributed by atoms with E-state index in [1.54, 1.807) is 4.68 Å². The Kier molecular flexibility index (Phi) is 4.66. The van der Waals surface area contributed by atoms with Crippen LogP contribution in [0.15, 0.2) is 6.20 Å². The Morgan fingerprint density at radius 1 is 1.33 bits per heavy atom. The minimum atomic E-state index is -1.04. The SMILES string of the molecule is O=C(O)c1cn(CCNCCN2CCCC2)nn1. The molecule has 2 heterocycles. The predicted octanol–water partition coefficient (Wildman–Crippen LogP) is -0.338. The molecule has 1 aliphatic heterocycles. The Labute approximate surface area is 106 Å². The molecule has 1 fully saturated rings. The molecular weight excluding hydrogens is 234 g/mol. The highest BCUT2D eigenvalue weighted by Gasteiger charge is 2.10. The topological polar surface area (TPSA) is 83.3 Å². The van der Waals surface area contributed by atoms with Crippen LogP contribution in [0, 0.1) is 0 Å². The summed E-state index contributed by atoms with van der Waals surface area (Å²) in [4.78, 5) is 13.0. The molecule has 1 aromatic rings. The van der Waals surface area contributed by atoms with Crippen LogP contribution in [0.1, 0.15) is 23.3 Å². The van der Waals surface area contributed by atoms with E-state index in [4.69, 9.17) is 5.11 Å². The van der Waals surface area contributed by atoms with Crippen LogP contribution in [0.3, 0.4) is 0 Å². The molecule has 100 valence electrons. The molecule has 7 nitrogen and oxygen atoms in total. The lowest BCUT2D eigenvalue weighted by atomic mass is 10.4. The fourth-order valence-electron chi connectivity index (χ4n) is 2.07. The second-order valence-corrected chi connectivity index (χ2v) is 4.47. The average Bonchev–Trinajstić information content (AvgIpc) is 2.98. The van der Waals surface area contributed by atoms with E-state index in [2.05, 4.69) is 20.5 Å². The van der Waals surface area contributed by atoms with Crippen molar-refractivity contribution >= 4 is 5.97 Å². The summed E-state index contributed by atoms with van der Waals surface area (Å²) in [6, 6.07) is 0. The highest BCUT2D eigenvalue weighted by Crippen LogP contribution is 2.05. The number of aromatic nitrogens is 3. The van der Waals surface area contributed by atoms with Gasteiger partial charge in [0.1, 0.15) is 0 Å². The molecule has 0 aliphatic carbocycles. The molecule has 0 saturated carbocycles. The zero-order chi connectivity index (χ0) is 12.8. The van der Waals surface area contributed by atoms with Crippen molar-refractivity contribution in [1.82, 2.24) is 25.2 Å². The van der Waals surface area contributed by atoms with Crippen LogP contribution in [-0.4, -0.2) is 63.7 Å². The van der Waals surface area contributed by atoms with Gasteiger partial charge in [0.05, 0.1) is 12.7 Å². The monoisotopic (exact) mass is 253 g/mol. The molecule has 0 bridgehead atoms. The summed E-state index contributed by atoms with van der Waals surface area (Å²) >= 11 is 0. The summed E-state index contributed by atoms with van der Waals surface area (Å²) in [5, 5.41) is 19.3. The van der Waals surface area contributed by atoms with Crippen LogP contribution in [-0.2, 0) is 6.54 Å². The van der Waals surface area contributed by atoms with Gasteiger partial charge in [-0.25, -0.2) is 4.79 Å². The zero-order valence-corrected chi connectivity index (χ0v) is 10.4. The first kappa shape index (κ1) is 13.0. The molecule has 0 amide bonds. The minimum absolute atomic E-state index is 0.00735. The third-order valence-corrected chi connectivity index (χ3v) is 3.08. The quantitative estimate of drug-likeness (QED) is 0.647. The Morgan fingerprint density at radius 2 is 2.06 bits per heavy atom. The highest BCUT2D eigenvalue weighted by atomic mass is 16.4. The molecule has 1 saturated heterocycles. The van der Waals surface area contributed by atoms with Gasteiger partial charge in [0, 0.05) is 19.6 Å². The fraction of sp³-hybridized carbons (Fsp3) is 0.727. The van der Waals surface area contributed by atoms with Crippen molar-refractivity contribution in [1.29, 1.82) is 0 Å². The summed E-state index contributed by atoms with van der Waals surface area (Å²) in [5.41, 5.74) is -0.00735. The maximum absolute atomic E-state index is 10.6. The van der Waals surface area contributed by atoms with Gasteiger partial charge in [-0.1, -0.05) is 5.21 Å². The lowest BCUT2D eigenvalue weighted by molar-refractivity contribution is 0.0690. The molecule has 1 aliphatic rings. The molecule has 18 heavy (non-hydrogen) atoms. The number of hydrogen-bond donors (Lipinski definition) is 2. The maximum atomic E-state index is 10.6. The lowest BCUT2D eigenvalue weighted by Gasteiger charge is -2.14. The number of carboxylic acids is 1. The van der Waals surface area contributed by atoms with Crippen LogP contribution < -0.4 is 5.32 Å². The van der Waals surface area contributed by atoms with E-state index in [1.165, 1.54) is 32.1 Å². The second kappa shape index (κ2) is 6.46. The third-order valence-electron chi connectivity index (χ3n) is 3.08. The van der Waals surface area contributed by atoms with E-state index < -0.39 is 5.97 Å². The van der Waals surface area contributed by atoms with Crippen LogP contribution in [0.2, 0.25) is 0 Å². The highest BCUT2D eigenvalue weighted by molar-refractivity contribution is 5.84. The molecule has 0 aromatic carbocycles. The van der Waals surface area contributed by atoms with Gasteiger partial charge in [0.2, 0.25) is 0 Å². The normalized spacial score (nSPS) is 16.2. The molecule has 7 heteroatoms. The number of nitrogens with one attached hydrogen (secondary N) is 1. The Hall–Kier alpha value is -1.47. The van der Waals surface area contributed by atoms with E-state index in [1.807, 2.05) is 0 Å². The molecule has 1 aromatic heterocycles. The molecular formula is C11H19N5O2. The average molecular weight is 253 g/mol. The van der Waals surface area contributed by atoms with Gasteiger partial charge in [-0.2, -0.15) is 0 Å². The molecule has 2 rings (SSSR count). The van der Waals surface area contributed by atoms with Gasteiger partial charge in [0.25, 0.3) is 0 Å². The first-order valence-corrected chi connectivity index (χ1v) is 6.32. The van der Waals surface area contributed by atoms with Crippen LogP contribution in [0.25, 0.3) is 0 Å².